The van der Waals surface area contributed by atoms with Gasteiger partial charge in [0, 0.05) is 37.3 Å². The largest absolute Gasteiger partial charge is 0.493 e. The Bertz CT molecular complexity index is 766. The number of pyridine rings is 1. The van der Waals surface area contributed by atoms with Gasteiger partial charge in [0.05, 0.1) is 20.3 Å². The number of carbonyl (C=O) groups is 1. The van der Waals surface area contributed by atoms with Crippen LogP contribution in [0.4, 0.5) is 0 Å². The van der Waals surface area contributed by atoms with Crippen molar-refractivity contribution in [2.24, 2.45) is 5.92 Å². The number of amides is 1. The number of ether oxygens (including phenoxy) is 2. The molecule has 2 heterocycles. The molecule has 1 N–H and O–H groups in total. The third-order valence-electron chi connectivity index (χ3n) is 5.03. The molecule has 1 aliphatic heterocycles. The van der Waals surface area contributed by atoms with Gasteiger partial charge in [-0.15, -0.1) is 0 Å². The van der Waals surface area contributed by atoms with Crippen molar-refractivity contribution in [1.29, 1.82) is 0 Å². The molecule has 0 saturated carbocycles. The van der Waals surface area contributed by atoms with Crippen LogP contribution in [0.1, 0.15) is 17.7 Å². The highest BCUT2D eigenvalue weighted by atomic mass is 16.5. The van der Waals surface area contributed by atoms with Crippen LogP contribution in [0.3, 0.4) is 0 Å². The van der Waals surface area contributed by atoms with Gasteiger partial charge in [-0.2, -0.15) is 0 Å². The average molecular weight is 370 g/mol. The number of rotatable bonds is 7. The number of carbonyl (C=O) groups excluding carboxylic acids is 1. The van der Waals surface area contributed by atoms with E-state index in [2.05, 4.69) is 4.98 Å². The molecule has 2 atom stereocenters. The van der Waals surface area contributed by atoms with Gasteiger partial charge in [0.1, 0.15) is 0 Å². The fourth-order valence-electron chi connectivity index (χ4n) is 3.49. The van der Waals surface area contributed by atoms with E-state index in [1.165, 1.54) is 0 Å². The van der Waals surface area contributed by atoms with Crippen molar-refractivity contribution in [3.8, 4) is 11.5 Å². The molecule has 144 valence electrons. The maximum atomic E-state index is 12.6. The van der Waals surface area contributed by atoms with E-state index in [-0.39, 0.29) is 11.8 Å². The number of aryl methyl sites for hydroxylation is 1. The van der Waals surface area contributed by atoms with Gasteiger partial charge in [0.2, 0.25) is 5.91 Å². The lowest BCUT2D eigenvalue weighted by molar-refractivity contribution is -0.130. The van der Waals surface area contributed by atoms with E-state index < -0.39 is 6.10 Å². The number of likely N-dealkylation sites (tertiary alicyclic amines) is 1. The summed E-state index contributed by atoms with van der Waals surface area (Å²) in [6.45, 7) is 0.963. The van der Waals surface area contributed by atoms with Crippen molar-refractivity contribution in [2.45, 2.75) is 25.4 Å². The number of nitrogens with zero attached hydrogens (tertiary/aromatic N) is 2. The molecule has 0 aliphatic carbocycles. The molecule has 3 rings (SSSR count). The van der Waals surface area contributed by atoms with E-state index in [1.807, 2.05) is 36.4 Å². The Hall–Kier alpha value is -2.60. The van der Waals surface area contributed by atoms with Gasteiger partial charge in [-0.25, -0.2) is 0 Å². The minimum Gasteiger partial charge on any atom is -0.493 e. The van der Waals surface area contributed by atoms with Crippen LogP contribution in [0, 0.1) is 5.92 Å². The first-order valence-electron chi connectivity index (χ1n) is 9.17. The summed E-state index contributed by atoms with van der Waals surface area (Å²) in [4.78, 5) is 18.7. The molecule has 0 spiro atoms. The highest BCUT2D eigenvalue weighted by Crippen LogP contribution is 2.28. The molecule has 2 aromatic rings. The number of β-amino-alcohol motifs (C(OH)–C–C–N with tert-alkyl or cyclic N) is 1. The Balaban J connectivity index is 1.54. The lowest BCUT2D eigenvalue weighted by atomic mass is 10.00. The maximum absolute atomic E-state index is 12.6. The zero-order chi connectivity index (χ0) is 19.2. The van der Waals surface area contributed by atoms with Crippen LogP contribution in [-0.2, 0) is 17.6 Å². The third-order valence-corrected chi connectivity index (χ3v) is 5.03. The summed E-state index contributed by atoms with van der Waals surface area (Å²) >= 11 is 0. The summed E-state index contributed by atoms with van der Waals surface area (Å²) in [5.74, 6) is 1.43. The van der Waals surface area contributed by atoms with Crippen LogP contribution in [0.2, 0.25) is 0 Å². The Morgan fingerprint density at radius 3 is 2.70 bits per heavy atom. The molecule has 1 saturated heterocycles. The van der Waals surface area contributed by atoms with Crippen LogP contribution >= 0.6 is 0 Å². The molecule has 1 amide bonds. The van der Waals surface area contributed by atoms with Gasteiger partial charge in [0.15, 0.2) is 11.5 Å². The first-order chi connectivity index (χ1) is 13.1. The molecular weight excluding hydrogens is 344 g/mol. The van der Waals surface area contributed by atoms with E-state index in [1.54, 1.807) is 25.3 Å². The second-order valence-corrected chi connectivity index (χ2v) is 6.84. The van der Waals surface area contributed by atoms with Crippen molar-refractivity contribution in [3.63, 3.8) is 0 Å². The molecule has 0 radical (unpaired) electrons. The first-order valence-corrected chi connectivity index (χ1v) is 9.17. The second-order valence-electron chi connectivity index (χ2n) is 6.84. The molecule has 0 unspecified atom stereocenters. The summed E-state index contributed by atoms with van der Waals surface area (Å²) in [6, 6.07) is 11.5. The number of hydrogen-bond donors (Lipinski definition) is 1. The Morgan fingerprint density at radius 1 is 1.19 bits per heavy atom. The van der Waals surface area contributed by atoms with Crippen molar-refractivity contribution >= 4 is 5.91 Å². The number of hydrogen-bond acceptors (Lipinski definition) is 5. The predicted molar refractivity (Wildman–Crippen MR) is 102 cm³/mol. The fourth-order valence-corrected chi connectivity index (χ4v) is 3.49. The highest BCUT2D eigenvalue weighted by Gasteiger charge is 2.33. The van der Waals surface area contributed by atoms with Crippen LogP contribution in [0.5, 0.6) is 11.5 Å². The molecule has 27 heavy (non-hydrogen) atoms. The number of aliphatic hydroxyl groups excluding tert-OH is 1. The topological polar surface area (TPSA) is 71.9 Å². The lowest BCUT2D eigenvalue weighted by Gasteiger charge is -2.16. The molecule has 6 nitrogen and oxygen atoms in total. The van der Waals surface area contributed by atoms with Gasteiger partial charge in [-0.3, -0.25) is 9.78 Å². The number of aromatic nitrogens is 1. The smallest absolute Gasteiger partial charge is 0.223 e. The lowest BCUT2D eigenvalue weighted by Crippen LogP contribution is -2.29. The van der Waals surface area contributed by atoms with Crippen molar-refractivity contribution < 1.29 is 19.4 Å². The summed E-state index contributed by atoms with van der Waals surface area (Å²) in [5, 5.41) is 10.3. The molecule has 6 heteroatoms. The highest BCUT2D eigenvalue weighted by molar-refractivity contribution is 5.77. The second kappa shape index (κ2) is 8.86. The van der Waals surface area contributed by atoms with E-state index >= 15 is 0 Å². The average Bonchev–Trinajstić information content (AvgIpc) is 3.07. The Labute approximate surface area is 159 Å². The SMILES string of the molecule is COc1ccc(CCC(=O)N2C[C@@H](Cc3ccccn3)[C@H](O)C2)cc1OC. The zero-order valence-corrected chi connectivity index (χ0v) is 15.8. The minimum atomic E-state index is -0.503. The standard InChI is InChI=1S/C21H26N2O4/c1-26-19-8-6-15(11-20(19)27-2)7-9-21(25)23-13-16(18(24)14-23)12-17-5-3-4-10-22-17/h3-6,8,10-11,16,18,24H,7,9,12-14H2,1-2H3/t16-,18-/m1/s1. The molecule has 1 aliphatic rings. The molecule has 1 aromatic carbocycles. The van der Waals surface area contributed by atoms with Crippen molar-refractivity contribution in [1.82, 2.24) is 9.88 Å². The minimum absolute atomic E-state index is 0.0323. The molecule has 0 bridgehead atoms. The van der Waals surface area contributed by atoms with Gasteiger partial charge >= 0.3 is 0 Å². The van der Waals surface area contributed by atoms with Crippen LogP contribution in [0.25, 0.3) is 0 Å². The third kappa shape index (κ3) is 4.77. The fraction of sp³-hybridized carbons (Fsp3) is 0.429. The van der Waals surface area contributed by atoms with Crippen molar-refractivity contribution in [3.05, 3.63) is 53.9 Å². The summed E-state index contributed by atoms with van der Waals surface area (Å²) in [6.07, 6.45) is 2.95. The van der Waals surface area contributed by atoms with Crippen LogP contribution in [-0.4, -0.2) is 54.3 Å². The quantitative estimate of drug-likeness (QED) is 0.808. The Kier molecular flexibility index (Phi) is 6.29. The number of aliphatic hydroxyl groups is 1. The van der Waals surface area contributed by atoms with Gasteiger partial charge in [-0.1, -0.05) is 12.1 Å². The van der Waals surface area contributed by atoms with E-state index in [4.69, 9.17) is 9.47 Å². The Morgan fingerprint density at radius 2 is 2.00 bits per heavy atom. The van der Waals surface area contributed by atoms with Crippen LogP contribution in [0.15, 0.2) is 42.6 Å². The maximum Gasteiger partial charge on any atom is 0.223 e. The summed E-state index contributed by atoms with van der Waals surface area (Å²) in [5.41, 5.74) is 1.96. The summed E-state index contributed by atoms with van der Waals surface area (Å²) < 4.78 is 10.5. The predicted octanol–water partition coefficient (Wildman–Crippen LogP) is 2.09. The molecular formula is C21H26N2O4. The zero-order valence-electron chi connectivity index (χ0n) is 15.8. The molecule has 1 aromatic heterocycles. The summed E-state index contributed by atoms with van der Waals surface area (Å²) in [7, 11) is 3.20. The van der Waals surface area contributed by atoms with Gasteiger partial charge in [0.25, 0.3) is 0 Å². The number of benzene rings is 1. The number of methoxy groups -OCH3 is 2. The van der Waals surface area contributed by atoms with Crippen LogP contribution < -0.4 is 9.47 Å². The van der Waals surface area contributed by atoms with Crippen molar-refractivity contribution in [2.75, 3.05) is 27.3 Å². The van der Waals surface area contributed by atoms with E-state index in [9.17, 15) is 9.90 Å². The van der Waals surface area contributed by atoms with E-state index in [0.29, 0.717) is 43.9 Å². The normalized spacial score (nSPS) is 19.1. The monoisotopic (exact) mass is 370 g/mol. The van der Waals surface area contributed by atoms with Gasteiger partial charge < -0.3 is 19.5 Å². The molecule has 1 fully saturated rings. The first kappa shape index (κ1) is 19.2. The van der Waals surface area contributed by atoms with E-state index in [0.717, 1.165) is 11.3 Å². The van der Waals surface area contributed by atoms with Gasteiger partial charge in [-0.05, 0) is 42.7 Å².